The Hall–Kier alpha value is -2.81. The molecule has 0 bridgehead atoms. The van der Waals surface area contributed by atoms with Gasteiger partial charge in [-0.05, 0) is 18.1 Å². The summed E-state index contributed by atoms with van der Waals surface area (Å²) in [6.45, 7) is 2.01. The highest BCUT2D eigenvalue weighted by Crippen LogP contribution is 2.36. The van der Waals surface area contributed by atoms with Crippen LogP contribution >= 0.6 is 0 Å². The van der Waals surface area contributed by atoms with Crippen LogP contribution in [0, 0.1) is 36.0 Å². The van der Waals surface area contributed by atoms with Gasteiger partial charge in [0, 0.05) is 11.5 Å². The molecule has 0 saturated carbocycles. The lowest BCUT2D eigenvalue weighted by molar-refractivity contribution is -0.739. The summed E-state index contributed by atoms with van der Waals surface area (Å²) in [5.41, 5.74) is 2.01. The number of benzene rings is 2. The van der Waals surface area contributed by atoms with E-state index in [9.17, 15) is 22.0 Å². The Labute approximate surface area is 155 Å². The van der Waals surface area contributed by atoms with Gasteiger partial charge in [0.05, 0.1) is 0 Å². The van der Waals surface area contributed by atoms with Crippen molar-refractivity contribution in [1.82, 2.24) is 9.78 Å². The summed E-state index contributed by atoms with van der Waals surface area (Å²) in [7, 11) is 0. The molecular weight excluding hydrogens is 381 g/mol. The van der Waals surface area contributed by atoms with Crippen molar-refractivity contribution in [1.29, 1.82) is 0 Å². The minimum Gasteiger partial charge on any atom is -0.363 e. The van der Waals surface area contributed by atoms with Gasteiger partial charge in [0.15, 0.2) is 0 Å². The van der Waals surface area contributed by atoms with Crippen LogP contribution < -0.4 is 4.57 Å². The average Bonchev–Trinajstić information content (AvgIpc) is 3.25. The van der Waals surface area contributed by atoms with E-state index in [1.54, 1.807) is 4.57 Å². The van der Waals surface area contributed by atoms with Crippen LogP contribution in [-0.2, 0) is 17.8 Å². The number of nitrogens with zero attached hydrogens (tertiary/aromatic N) is 3. The number of rotatable bonds is 1. The molecule has 2 heterocycles. The van der Waals surface area contributed by atoms with E-state index in [2.05, 4.69) is 5.10 Å². The summed E-state index contributed by atoms with van der Waals surface area (Å²) in [5, 5.41) is 4.03. The fourth-order valence-electron chi connectivity index (χ4n) is 3.99. The average molecular weight is 394 g/mol. The van der Waals surface area contributed by atoms with Gasteiger partial charge in [0.1, 0.15) is 18.8 Å². The Bertz CT molecular complexity index is 1110. The van der Waals surface area contributed by atoms with Crippen LogP contribution in [0.2, 0.25) is 0 Å². The molecule has 2 atom stereocenters. The lowest BCUT2D eigenvalue weighted by Crippen LogP contribution is -2.51. The number of halogens is 5. The molecule has 9 heteroatoms. The molecule has 1 aliphatic carbocycles. The van der Waals surface area contributed by atoms with E-state index >= 15 is 0 Å². The Morgan fingerprint density at radius 3 is 2.43 bits per heavy atom. The minimum absolute atomic E-state index is 0.0660. The number of hydrogen-bond donors (Lipinski definition) is 0. The Morgan fingerprint density at radius 2 is 1.71 bits per heavy atom. The third-order valence-corrected chi connectivity index (χ3v) is 5.29. The van der Waals surface area contributed by atoms with Crippen molar-refractivity contribution in [2.24, 2.45) is 0 Å². The van der Waals surface area contributed by atoms with Gasteiger partial charge < -0.3 is 4.74 Å². The van der Waals surface area contributed by atoms with Crippen molar-refractivity contribution in [2.45, 2.75) is 32.1 Å². The first kappa shape index (κ1) is 17.3. The molecule has 0 radical (unpaired) electrons. The van der Waals surface area contributed by atoms with Crippen LogP contribution in [0.1, 0.15) is 28.6 Å². The zero-order valence-electron chi connectivity index (χ0n) is 14.5. The largest absolute Gasteiger partial charge is 0.363 e. The SMILES string of the molecule is Cc1ccc2c(c1)[C@@H]1[C@H](C2)OCc2nn(-c3c(F)c(F)c(F)c(F)c3F)c[n+]21. The van der Waals surface area contributed by atoms with Gasteiger partial charge in [-0.1, -0.05) is 28.4 Å². The maximum absolute atomic E-state index is 14.2. The molecule has 3 aromatic rings. The van der Waals surface area contributed by atoms with Gasteiger partial charge in [0.25, 0.3) is 0 Å². The van der Waals surface area contributed by atoms with Gasteiger partial charge in [-0.3, -0.25) is 0 Å². The van der Waals surface area contributed by atoms with Gasteiger partial charge in [-0.2, -0.15) is 8.78 Å². The smallest absolute Gasteiger partial charge is 0.304 e. The summed E-state index contributed by atoms with van der Waals surface area (Å²) >= 11 is 0. The van der Waals surface area contributed by atoms with Crippen LogP contribution in [0.4, 0.5) is 22.0 Å². The highest BCUT2D eigenvalue weighted by molar-refractivity contribution is 5.39. The van der Waals surface area contributed by atoms with E-state index < -0.39 is 34.8 Å². The molecule has 0 saturated heterocycles. The molecule has 4 nitrogen and oxygen atoms in total. The van der Waals surface area contributed by atoms with Crippen molar-refractivity contribution in [3.63, 3.8) is 0 Å². The molecule has 2 aliphatic rings. The van der Waals surface area contributed by atoms with Crippen molar-refractivity contribution < 1.29 is 31.3 Å². The zero-order valence-corrected chi connectivity index (χ0v) is 14.5. The number of ether oxygens (including phenoxy) is 1. The number of aromatic nitrogens is 3. The number of fused-ring (bicyclic) bond motifs is 5. The molecule has 0 spiro atoms. The Morgan fingerprint density at radius 1 is 1.04 bits per heavy atom. The summed E-state index contributed by atoms with van der Waals surface area (Å²) in [6.07, 6.45) is 1.73. The minimum atomic E-state index is -2.20. The molecule has 5 rings (SSSR count). The van der Waals surface area contributed by atoms with Gasteiger partial charge in [0.2, 0.25) is 41.1 Å². The lowest BCUT2D eigenvalue weighted by Gasteiger charge is -2.23. The molecule has 0 amide bonds. The second kappa shape index (κ2) is 5.84. The summed E-state index contributed by atoms with van der Waals surface area (Å²) < 4.78 is 77.1. The second-order valence-electron chi connectivity index (χ2n) is 7.00. The topological polar surface area (TPSA) is 30.9 Å². The monoisotopic (exact) mass is 394 g/mol. The van der Waals surface area contributed by atoms with Gasteiger partial charge in [-0.15, -0.1) is 0 Å². The van der Waals surface area contributed by atoms with Crippen molar-refractivity contribution in [3.05, 3.63) is 76.1 Å². The molecule has 28 heavy (non-hydrogen) atoms. The maximum atomic E-state index is 14.2. The van der Waals surface area contributed by atoms with Crippen molar-refractivity contribution >= 4 is 0 Å². The number of aryl methyl sites for hydroxylation is 1. The summed E-state index contributed by atoms with van der Waals surface area (Å²) in [6, 6.07) is 5.70. The van der Waals surface area contributed by atoms with Crippen LogP contribution in [0.15, 0.2) is 24.5 Å². The lowest BCUT2D eigenvalue weighted by atomic mass is 10.0. The first-order valence-corrected chi connectivity index (χ1v) is 8.59. The van der Waals surface area contributed by atoms with E-state index in [1.165, 1.54) is 6.33 Å². The second-order valence-corrected chi connectivity index (χ2v) is 7.00. The normalized spacial score (nSPS) is 20.1. The Balaban J connectivity index is 1.68. The van der Waals surface area contributed by atoms with Crippen molar-refractivity contribution in [2.75, 3.05) is 0 Å². The van der Waals surface area contributed by atoms with Crippen LogP contribution in [0.25, 0.3) is 5.69 Å². The van der Waals surface area contributed by atoms with E-state index in [0.29, 0.717) is 16.9 Å². The molecule has 1 aromatic heterocycles. The zero-order chi connectivity index (χ0) is 19.7. The molecule has 1 aliphatic heterocycles. The molecule has 0 N–H and O–H groups in total. The van der Waals surface area contributed by atoms with E-state index in [1.807, 2.05) is 25.1 Å². The maximum Gasteiger partial charge on any atom is 0.304 e. The third-order valence-electron chi connectivity index (χ3n) is 5.29. The standard InChI is InChI=1S/C19H13F5N3O/c1-8-2-3-9-5-11-18(10(9)4-8)26-7-27(25-12(26)6-28-11)19-16(23)14(21)13(20)15(22)17(19)24/h2-4,7,11,18H,5-6H2,1H3/q+1/t11-,18+/m0/s1. The van der Waals surface area contributed by atoms with Gasteiger partial charge >= 0.3 is 5.82 Å². The fourth-order valence-corrected chi connectivity index (χ4v) is 3.99. The molecule has 0 fully saturated rings. The fraction of sp³-hybridized carbons (Fsp3) is 0.263. The quantitative estimate of drug-likeness (QED) is 0.275. The molecule has 144 valence electrons. The molecule has 0 unspecified atom stereocenters. The first-order chi connectivity index (χ1) is 13.4. The molecular formula is C19H13F5N3O+. The number of hydrogen-bond acceptors (Lipinski definition) is 2. The highest BCUT2D eigenvalue weighted by Gasteiger charge is 2.44. The molecule has 2 aromatic carbocycles. The predicted octanol–water partition coefficient (Wildman–Crippen LogP) is 3.21. The van der Waals surface area contributed by atoms with Crippen LogP contribution in [0.5, 0.6) is 0 Å². The summed E-state index contributed by atoms with van der Waals surface area (Å²) in [4.78, 5) is 0. The van der Waals surface area contributed by atoms with E-state index in [0.717, 1.165) is 16.7 Å². The Kier molecular flexibility index (Phi) is 3.61. The third kappa shape index (κ3) is 2.25. The van der Waals surface area contributed by atoms with E-state index in [4.69, 9.17) is 4.74 Å². The predicted molar refractivity (Wildman–Crippen MR) is 85.1 cm³/mol. The highest BCUT2D eigenvalue weighted by atomic mass is 19.2. The van der Waals surface area contributed by atoms with Crippen LogP contribution in [0.3, 0.4) is 0 Å². The van der Waals surface area contributed by atoms with E-state index in [-0.39, 0.29) is 18.8 Å². The van der Waals surface area contributed by atoms with Gasteiger partial charge in [-0.25, -0.2) is 17.7 Å². The first-order valence-electron chi connectivity index (χ1n) is 8.59. The summed E-state index contributed by atoms with van der Waals surface area (Å²) in [5.74, 6) is -9.76. The van der Waals surface area contributed by atoms with Crippen molar-refractivity contribution in [3.8, 4) is 5.69 Å². The van der Waals surface area contributed by atoms with Crippen LogP contribution in [-0.4, -0.2) is 15.9 Å².